The van der Waals surface area contributed by atoms with E-state index in [1.165, 1.54) is 18.2 Å². The Labute approximate surface area is 139 Å². The van der Waals surface area contributed by atoms with Crippen LogP contribution in [0.15, 0.2) is 54.6 Å². The highest BCUT2D eigenvalue weighted by Crippen LogP contribution is 2.08. The summed E-state index contributed by atoms with van der Waals surface area (Å²) in [6.45, 7) is 0. The van der Waals surface area contributed by atoms with Crippen molar-refractivity contribution in [1.29, 1.82) is 0 Å². The SMILES string of the molecule is N[C@H](Cc1ccccc1)C(=O)NC(Cc1cccc(F)c1)C(=O)O. The lowest BCUT2D eigenvalue weighted by molar-refractivity contribution is -0.141. The monoisotopic (exact) mass is 330 g/mol. The number of aliphatic carboxylic acids is 1. The molecule has 2 aromatic rings. The van der Waals surface area contributed by atoms with Crippen molar-refractivity contribution in [3.8, 4) is 0 Å². The summed E-state index contributed by atoms with van der Waals surface area (Å²) in [6, 6.07) is 12.8. The van der Waals surface area contributed by atoms with Gasteiger partial charge < -0.3 is 16.2 Å². The molecule has 1 amide bonds. The van der Waals surface area contributed by atoms with Crippen molar-refractivity contribution in [1.82, 2.24) is 5.32 Å². The number of carbonyl (C=O) groups excluding carboxylic acids is 1. The average Bonchev–Trinajstić information content (AvgIpc) is 2.55. The van der Waals surface area contributed by atoms with Gasteiger partial charge in [0.25, 0.3) is 0 Å². The average molecular weight is 330 g/mol. The predicted molar refractivity (Wildman–Crippen MR) is 87.8 cm³/mol. The van der Waals surface area contributed by atoms with Gasteiger partial charge in [-0.15, -0.1) is 0 Å². The number of benzene rings is 2. The molecule has 0 saturated carbocycles. The number of carboxylic acids is 1. The van der Waals surface area contributed by atoms with Crippen LogP contribution in [0.3, 0.4) is 0 Å². The van der Waals surface area contributed by atoms with Crippen LogP contribution in [0, 0.1) is 5.82 Å². The maximum Gasteiger partial charge on any atom is 0.326 e. The molecule has 0 spiro atoms. The van der Waals surface area contributed by atoms with Gasteiger partial charge in [0.15, 0.2) is 0 Å². The van der Waals surface area contributed by atoms with Crippen molar-refractivity contribution >= 4 is 11.9 Å². The zero-order chi connectivity index (χ0) is 17.5. The number of halogens is 1. The number of amides is 1. The lowest BCUT2D eigenvalue weighted by Crippen LogP contribution is -2.50. The number of nitrogens with two attached hydrogens (primary N) is 1. The number of hydrogen-bond acceptors (Lipinski definition) is 3. The van der Waals surface area contributed by atoms with Crippen LogP contribution in [0.2, 0.25) is 0 Å². The Hall–Kier alpha value is -2.73. The fourth-order valence-electron chi connectivity index (χ4n) is 2.34. The minimum absolute atomic E-state index is 0.0170. The molecule has 0 heterocycles. The van der Waals surface area contributed by atoms with E-state index >= 15 is 0 Å². The molecule has 0 fully saturated rings. The van der Waals surface area contributed by atoms with Gasteiger partial charge in [-0.25, -0.2) is 9.18 Å². The Morgan fingerprint density at radius 3 is 2.33 bits per heavy atom. The molecule has 0 aliphatic rings. The zero-order valence-electron chi connectivity index (χ0n) is 13.0. The first-order chi connectivity index (χ1) is 11.5. The van der Waals surface area contributed by atoms with Crippen molar-refractivity contribution in [2.75, 3.05) is 0 Å². The fourth-order valence-corrected chi connectivity index (χ4v) is 2.34. The Bertz CT molecular complexity index is 706. The second-order valence-corrected chi connectivity index (χ2v) is 5.53. The molecule has 4 N–H and O–H groups in total. The van der Waals surface area contributed by atoms with Crippen LogP contribution < -0.4 is 11.1 Å². The van der Waals surface area contributed by atoms with Gasteiger partial charge in [-0.3, -0.25) is 4.79 Å². The van der Waals surface area contributed by atoms with E-state index in [-0.39, 0.29) is 6.42 Å². The summed E-state index contributed by atoms with van der Waals surface area (Å²) in [5.74, 6) is -2.20. The molecule has 0 aliphatic carbocycles. The highest BCUT2D eigenvalue weighted by molar-refractivity contribution is 5.87. The number of nitrogens with one attached hydrogen (secondary N) is 1. The maximum atomic E-state index is 13.2. The summed E-state index contributed by atoms with van der Waals surface area (Å²) in [5, 5.41) is 11.7. The van der Waals surface area contributed by atoms with Crippen molar-refractivity contribution in [3.63, 3.8) is 0 Å². The Morgan fingerprint density at radius 2 is 1.71 bits per heavy atom. The Morgan fingerprint density at radius 1 is 1.04 bits per heavy atom. The van der Waals surface area contributed by atoms with Gasteiger partial charge in [-0.2, -0.15) is 0 Å². The molecule has 1 unspecified atom stereocenters. The summed E-state index contributed by atoms with van der Waals surface area (Å²) in [7, 11) is 0. The molecule has 126 valence electrons. The minimum atomic E-state index is -1.19. The van der Waals surface area contributed by atoms with Gasteiger partial charge in [0.2, 0.25) is 5.91 Å². The van der Waals surface area contributed by atoms with Crippen LogP contribution in [0.4, 0.5) is 4.39 Å². The third-order valence-corrected chi connectivity index (χ3v) is 3.58. The third kappa shape index (κ3) is 5.17. The quantitative estimate of drug-likeness (QED) is 0.717. The predicted octanol–water partition coefficient (Wildman–Crippen LogP) is 1.51. The Kier molecular flexibility index (Phi) is 6.03. The van der Waals surface area contributed by atoms with E-state index in [0.29, 0.717) is 12.0 Å². The van der Waals surface area contributed by atoms with Crippen molar-refractivity contribution < 1.29 is 19.1 Å². The second kappa shape index (κ2) is 8.21. The van der Waals surface area contributed by atoms with E-state index in [2.05, 4.69) is 5.32 Å². The van der Waals surface area contributed by atoms with Gasteiger partial charge >= 0.3 is 5.97 Å². The summed E-state index contributed by atoms with van der Waals surface area (Å²) in [6.07, 6.45) is 0.288. The molecule has 0 bridgehead atoms. The van der Waals surface area contributed by atoms with Gasteiger partial charge in [-0.05, 0) is 29.7 Å². The number of hydrogen-bond donors (Lipinski definition) is 3. The van der Waals surface area contributed by atoms with Crippen molar-refractivity contribution in [2.45, 2.75) is 24.9 Å². The van der Waals surface area contributed by atoms with Crippen molar-refractivity contribution in [2.24, 2.45) is 5.73 Å². The third-order valence-electron chi connectivity index (χ3n) is 3.58. The maximum absolute atomic E-state index is 13.2. The number of carbonyl (C=O) groups is 2. The molecule has 2 atom stereocenters. The smallest absolute Gasteiger partial charge is 0.326 e. The highest BCUT2D eigenvalue weighted by Gasteiger charge is 2.23. The van der Waals surface area contributed by atoms with Crippen LogP contribution in [0.1, 0.15) is 11.1 Å². The van der Waals surface area contributed by atoms with Gasteiger partial charge in [-0.1, -0.05) is 42.5 Å². The molecule has 6 heteroatoms. The molecule has 0 aromatic heterocycles. The zero-order valence-corrected chi connectivity index (χ0v) is 13.0. The van der Waals surface area contributed by atoms with Crippen LogP contribution >= 0.6 is 0 Å². The summed E-state index contributed by atoms with van der Waals surface area (Å²) >= 11 is 0. The first-order valence-electron chi connectivity index (χ1n) is 7.53. The van der Waals surface area contributed by atoms with E-state index in [4.69, 9.17) is 5.73 Å². The standard InChI is InChI=1S/C18H19FN2O3/c19-14-8-4-7-13(9-14)11-16(18(23)24)21-17(22)15(20)10-12-5-2-1-3-6-12/h1-9,15-16H,10-11,20H2,(H,21,22)(H,23,24)/t15-,16?/m1/s1. The van der Waals surface area contributed by atoms with E-state index < -0.39 is 29.8 Å². The minimum Gasteiger partial charge on any atom is -0.480 e. The van der Waals surface area contributed by atoms with Crippen LogP contribution in [0.5, 0.6) is 0 Å². The number of carboxylic acid groups (broad SMARTS) is 1. The first kappa shape index (κ1) is 17.6. The summed E-state index contributed by atoms with van der Waals surface area (Å²) in [4.78, 5) is 23.5. The van der Waals surface area contributed by atoms with Gasteiger partial charge in [0, 0.05) is 6.42 Å². The van der Waals surface area contributed by atoms with Crippen LogP contribution in [-0.4, -0.2) is 29.1 Å². The fraction of sp³-hybridized carbons (Fsp3) is 0.222. The molecular formula is C18H19FN2O3. The topological polar surface area (TPSA) is 92.4 Å². The number of rotatable bonds is 7. The summed E-state index contributed by atoms with van der Waals surface area (Å²) in [5.41, 5.74) is 7.22. The molecule has 5 nitrogen and oxygen atoms in total. The molecule has 0 aliphatic heterocycles. The van der Waals surface area contributed by atoms with E-state index in [1.54, 1.807) is 6.07 Å². The van der Waals surface area contributed by atoms with E-state index in [9.17, 15) is 19.1 Å². The molecule has 0 saturated heterocycles. The molecule has 2 rings (SSSR count). The van der Waals surface area contributed by atoms with Crippen LogP contribution in [0.25, 0.3) is 0 Å². The van der Waals surface area contributed by atoms with E-state index in [1.807, 2.05) is 30.3 Å². The van der Waals surface area contributed by atoms with E-state index in [0.717, 1.165) is 5.56 Å². The Balaban J connectivity index is 1.99. The van der Waals surface area contributed by atoms with Gasteiger partial charge in [0.1, 0.15) is 11.9 Å². The molecule has 0 radical (unpaired) electrons. The first-order valence-corrected chi connectivity index (χ1v) is 7.53. The molecular weight excluding hydrogens is 311 g/mol. The lowest BCUT2D eigenvalue weighted by Gasteiger charge is -2.18. The highest BCUT2D eigenvalue weighted by atomic mass is 19.1. The summed E-state index contributed by atoms with van der Waals surface area (Å²) < 4.78 is 13.2. The molecule has 2 aromatic carbocycles. The van der Waals surface area contributed by atoms with Gasteiger partial charge in [0.05, 0.1) is 6.04 Å². The normalized spacial score (nSPS) is 13.1. The molecule has 24 heavy (non-hydrogen) atoms. The second-order valence-electron chi connectivity index (χ2n) is 5.53. The van der Waals surface area contributed by atoms with Crippen LogP contribution in [-0.2, 0) is 22.4 Å². The largest absolute Gasteiger partial charge is 0.480 e. The lowest BCUT2D eigenvalue weighted by atomic mass is 10.0. The van der Waals surface area contributed by atoms with Crippen molar-refractivity contribution in [3.05, 3.63) is 71.5 Å².